The van der Waals surface area contributed by atoms with Gasteiger partial charge in [0, 0.05) is 10.0 Å². The lowest BCUT2D eigenvalue weighted by Crippen LogP contribution is -2.19. The van der Waals surface area contributed by atoms with Crippen molar-refractivity contribution in [3.8, 4) is 0 Å². The predicted octanol–water partition coefficient (Wildman–Crippen LogP) is 4.97. The molecule has 0 saturated carbocycles. The van der Waals surface area contributed by atoms with Crippen molar-refractivity contribution in [2.45, 2.75) is 26.1 Å². The maximum Gasteiger partial charge on any atom is 0.404 e. The van der Waals surface area contributed by atoms with E-state index in [1.54, 1.807) is 0 Å². The third kappa shape index (κ3) is 3.97. The number of hydrogen-bond donors (Lipinski definition) is 0. The minimum Gasteiger partial charge on any atom is -0.304 e. The van der Waals surface area contributed by atoms with Gasteiger partial charge in [-0.15, -0.1) is 0 Å². The molecule has 118 valence electrons. The van der Waals surface area contributed by atoms with E-state index in [2.05, 4.69) is 27.6 Å². The molecule has 0 atom stereocenters. The van der Waals surface area contributed by atoms with E-state index in [1.165, 1.54) is 32.0 Å². The number of rotatable bonds is 8. The van der Waals surface area contributed by atoms with Crippen molar-refractivity contribution in [1.29, 1.82) is 0 Å². The summed E-state index contributed by atoms with van der Waals surface area (Å²) < 4.78 is 51.1. The van der Waals surface area contributed by atoms with Gasteiger partial charge >= 0.3 is 13.3 Å². The van der Waals surface area contributed by atoms with Gasteiger partial charge in [0.2, 0.25) is 0 Å². The van der Waals surface area contributed by atoms with Crippen LogP contribution >= 0.6 is 23.5 Å². The summed E-state index contributed by atoms with van der Waals surface area (Å²) in [6, 6.07) is 4.15. The van der Waals surface area contributed by atoms with Crippen LogP contribution in [0.1, 0.15) is 25.0 Å². The zero-order valence-electron chi connectivity index (χ0n) is 11.8. The standard InChI is InChI=1S/C13H17BrF2NO3P/c1-4-19-21(18,20-5-2)13(15,16)11-7-6-10(9-17-3)8-12(11)14/h6-8H,3-5,9H2,1-2H3. The first-order valence-electron chi connectivity index (χ1n) is 6.30. The van der Waals surface area contributed by atoms with Crippen LogP contribution in [0.3, 0.4) is 0 Å². The molecule has 0 fully saturated rings. The van der Waals surface area contributed by atoms with Crippen molar-refractivity contribution in [1.82, 2.24) is 0 Å². The molecule has 0 heterocycles. The fraction of sp³-hybridized carbons (Fsp3) is 0.462. The van der Waals surface area contributed by atoms with Crippen molar-refractivity contribution in [3.63, 3.8) is 0 Å². The van der Waals surface area contributed by atoms with Crippen molar-refractivity contribution in [2.75, 3.05) is 13.2 Å². The molecule has 0 bridgehead atoms. The van der Waals surface area contributed by atoms with Gasteiger partial charge in [-0.25, -0.2) is 0 Å². The molecular formula is C13H17BrF2NO3P. The molecule has 0 aromatic heterocycles. The van der Waals surface area contributed by atoms with E-state index >= 15 is 0 Å². The SMILES string of the molecule is C=NCc1ccc(C(F)(F)P(=O)(OCC)OCC)c(Br)c1. The molecule has 21 heavy (non-hydrogen) atoms. The molecule has 0 spiro atoms. The lowest BCUT2D eigenvalue weighted by Gasteiger charge is -2.26. The van der Waals surface area contributed by atoms with E-state index in [0.717, 1.165) is 0 Å². The minimum absolute atomic E-state index is 0.119. The van der Waals surface area contributed by atoms with Crippen LogP contribution in [-0.2, 0) is 25.8 Å². The normalized spacial score (nSPS) is 12.4. The quantitative estimate of drug-likeness (QED) is 0.470. The molecule has 0 unspecified atom stereocenters. The lowest BCUT2D eigenvalue weighted by molar-refractivity contribution is 0.0354. The maximum absolute atomic E-state index is 14.6. The second kappa shape index (κ2) is 7.58. The van der Waals surface area contributed by atoms with Gasteiger partial charge in [0.1, 0.15) is 0 Å². The lowest BCUT2D eigenvalue weighted by atomic mass is 10.1. The number of alkyl halides is 2. The van der Waals surface area contributed by atoms with Crippen LogP contribution in [0.25, 0.3) is 0 Å². The van der Waals surface area contributed by atoms with Crippen molar-refractivity contribution < 1.29 is 22.4 Å². The number of benzene rings is 1. The predicted molar refractivity (Wildman–Crippen MR) is 82.1 cm³/mol. The summed E-state index contributed by atoms with van der Waals surface area (Å²) >= 11 is 3.07. The molecule has 8 heteroatoms. The number of aliphatic imine (C=N–C) groups is 1. The Morgan fingerprint density at radius 2 is 1.90 bits per heavy atom. The molecule has 0 amide bonds. The summed E-state index contributed by atoms with van der Waals surface area (Å²) in [5, 5.41) is 0. The first kappa shape index (κ1) is 18.4. The summed E-state index contributed by atoms with van der Waals surface area (Å²) in [6.07, 6.45) is 0. The zero-order valence-corrected chi connectivity index (χ0v) is 14.3. The van der Waals surface area contributed by atoms with E-state index in [9.17, 15) is 13.3 Å². The third-order valence-electron chi connectivity index (χ3n) is 2.59. The first-order chi connectivity index (χ1) is 9.82. The van der Waals surface area contributed by atoms with Crippen molar-refractivity contribution in [3.05, 3.63) is 33.8 Å². The highest BCUT2D eigenvalue weighted by molar-refractivity contribution is 9.10. The Morgan fingerprint density at radius 1 is 1.33 bits per heavy atom. The monoisotopic (exact) mass is 383 g/mol. The first-order valence-corrected chi connectivity index (χ1v) is 8.64. The van der Waals surface area contributed by atoms with Gasteiger partial charge in [-0.3, -0.25) is 9.56 Å². The van der Waals surface area contributed by atoms with E-state index < -0.39 is 18.8 Å². The van der Waals surface area contributed by atoms with Crippen LogP contribution in [0.15, 0.2) is 27.7 Å². The van der Waals surface area contributed by atoms with E-state index in [4.69, 9.17) is 9.05 Å². The van der Waals surface area contributed by atoms with E-state index in [0.29, 0.717) is 12.1 Å². The van der Waals surface area contributed by atoms with Crippen LogP contribution in [0.2, 0.25) is 0 Å². The summed E-state index contributed by atoms with van der Waals surface area (Å²) in [4.78, 5) is 3.68. The number of hydrogen-bond acceptors (Lipinski definition) is 4. The van der Waals surface area contributed by atoms with Crippen LogP contribution in [-0.4, -0.2) is 19.9 Å². The van der Waals surface area contributed by atoms with Crippen LogP contribution in [0, 0.1) is 0 Å². The molecule has 0 N–H and O–H groups in total. The van der Waals surface area contributed by atoms with Crippen LogP contribution in [0.4, 0.5) is 8.78 Å². The van der Waals surface area contributed by atoms with Gasteiger partial charge in [0.05, 0.1) is 19.8 Å². The smallest absolute Gasteiger partial charge is 0.304 e. The molecule has 0 aliphatic carbocycles. The second-order valence-electron chi connectivity index (χ2n) is 4.07. The molecule has 0 aliphatic rings. The Morgan fingerprint density at radius 3 is 2.33 bits per heavy atom. The Kier molecular flexibility index (Phi) is 6.66. The molecule has 4 nitrogen and oxygen atoms in total. The summed E-state index contributed by atoms with van der Waals surface area (Å²) in [7, 11) is -4.60. The van der Waals surface area contributed by atoms with Gasteiger partial charge in [-0.05, 0) is 32.2 Å². The highest BCUT2D eigenvalue weighted by Crippen LogP contribution is 2.67. The minimum atomic E-state index is -4.60. The maximum atomic E-state index is 14.6. The van der Waals surface area contributed by atoms with E-state index in [1.807, 2.05) is 0 Å². The van der Waals surface area contributed by atoms with E-state index in [-0.39, 0.29) is 17.7 Å². The average molecular weight is 384 g/mol. The fourth-order valence-electron chi connectivity index (χ4n) is 1.72. The molecule has 0 saturated heterocycles. The third-order valence-corrected chi connectivity index (χ3v) is 5.38. The molecule has 1 rings (SSSR count). The van der Waals surface area contributed by atoms with Crippen LogP contribution in [0.5, 0.6) is 0 Å². The molecule has 1 aromatic rings. The summed E-state index contributed by atoms with van der Waals surface area (Å²) in [5.41, 5.74) is -3.49. The highest BCUT2D eigenvalue weighted by atomic mass is 79.9. The average Bonchev–Trinajstić information content (AvgIpc) is 2.39. The summed E-state index contributed by atoms with van der Waals surface area (Å²) in [6.45, 7) is 6.34. The van der Waals surface area contributed by atoms with Gasteiger partial charge in [-0.2, -0.15) is 8.78 Å². The molecule has 0 aliphatic heterocycles. The van der Waals surface area contributed by atoms with Gasteiger partial charge in [-0.1, -0.05) is 28.1 Å². The Balaban J connectivity index is 3.27. The Hall–Kier alpha value is -0.620. The molecule has 1 aromatic carbocycles. The van der Waals surface area contributed by atoms with Crippen LogP contribution < -0.4 is 0 Å². The Labute approximate surface area is 131 Å². The second-order valence-corrected chi connectivity index (χ2v) is 7.00. The zero-order chi connectivity index (χ0) is 16.1. The largest absolute Gasteiger partial charge is 0.404 e. The van der Waals surface area contributed by atoms with Crippen molar-refractivity contribution >= 4 is 30.2 Å². The Bertz CT molecular complexity index is 544. The number of nitrogens with zero attached hydrogens (tertiary/aromatic N) is 1. The van der Waals surface area contributed by atoms with Gasteiger partial charge < -0.3 is 9.05 Å². The molecule has 0 radical (unpaired) electrons. The van der Waals surface area contributed by atoms with Gasteiger partial charge in [0.15, 0.2) is 0 Å². The van der Waals surface area contributed by atoms with Crippen molar-refractivity contribution in [2.24, 2.45) is 4.99 Å². The molecular weight excluding hydrogens is 367 g/mol. The topological polar surface area (TPSA) is 47.9 Å². The fourth-order valence-corrected chi connectivity index (χ4v) is 4.11. The van der Waals surface area contributed by atoms with Gasteiger partial charge in [0.25, 0.3) is 0 Å². The summed E-state index contributed by atoms with van der Waals surface area (Å²) in [5.74, 6) is 0. The highest BCUT2D eigenvalue weighted by Gasteiger charge is 2.55. The number of halogens is 3.